The largest absolute Gasteiger partial charge is 0.573 e. The van der Waals surface area contributed by atoms with Gasteiger partial charge in [-0.3, -0.25) is 4.98 Å². The molecule has 0 bridgehead atoms. The molecule has 1 aromatic heterocycles. The van der Waals surface area contributed by atoms with E-state index in [0.717, 1.165) is 20.2 Å². The second-order valence-corrected chi connectivity index (χ2v) is 3.00. The fourth-order valence-corrected chi connectivity index (χ4v) is 1.20. The minimum Gasteiger partial charge on any atom is -0.491 e. The van der Waals surface area contributed by atoms with Crippen molar-refractivity contribution in [1.29, 1.82) is 0 Å². The van der Waals surface area contributed by atoms with Crippen LogP contribution in [0.5, 0.6) is 11.5 Å². The number of pyridine rings is 1. The van der Waals surface area contributed by atoms with Crippen molar-refractivity contribution in [2.75, 3.05) is 7.11 Å². The van der Waals surface area contributed by atoms with Crippen molar-refractivity contribution >= 4 is 0 Å². The number of aromatic nitrogens is 1. The SMILES string of the molecule is COc1cnc(C)c(C(F)F)c1OC(F)(F)F. The molecule has 17 heavy (non-hydrogen) atoms. The average molecular weight is 257 g/mol. The Labute approximate surface area is 93.2 Å². The molecule has 0 aliphatic heterocycles. The number of nitrogens with zero attached hydrogens (tertiary/aromatic N) is 1. The van der Waals surface area contributed by atoms with Crippen LogP contribution >= 0.6 is 0 Å². The number of hydrogen-bond donors (Lipinski definition) is 0. The highest BCUT2D eigenvalue weighted by Crippen LogP contribution is 2.40. The standard InChI is InChI=1S/C9H8F5NO2/c1-4-6(8(10)11)7(17-9(12,13)14)5(16-2)3-15-4/h3,8H,1-2H3. The van der Waals surface area contributed by atoms with Crippen LogP contribution in [0.4, 0.5) is 22.0 Å². The van der Waals surface area contributed by atoms with Gasteiger partial charge < -0.3 is 9.47 Å². The number of methoxy groups -OCH3 is 1. The van der Waals surface area contributed by atoms with Crippen molar-refractivity contribution in [3.05, 3.63) is 17.5 Å². The van der Waals surface area contributed by atoms with Crippen LogP contribution in [0.1, 0.15) is 17.7 Å². The predicted octanol–water partition coefficient (Wildman–Crippen LogP) is 3.23. The molecule has 0 aromatic carbocycles. The highest BCUT2D eigenvalue weighted by molar-refractivity contribution is 5.47. The third kappa shape index (κ3) is 3.18. The fraction of sp³-hybridized carbons (Fsp3) is 0.444. The molecule has 1 rings (SSSR count). The molecule has 0 aliphatic rings. The molecular formula is C9H8F5NO2. The summed E-state index contributed by atoms with van der Waals surface area (Å²) >= 11 is 0. The van der Waals surface area contributed by atoms with E-state index in [2.05, 4.69) is 14.5 Å². The summed E-state index contributed by atoms with van der Waals surface area (Å²) in [6, 6.07) is 0. The van der Waals surface area contributed by atoms with Gasteiger partial charge in [0.15, 0.2) is 11.5 Å². The lowest BCUT2D eigenvalue weighted by Gasteiger charge is -2.16. The topological polar surface area (TPSA) is 31.4 Å². The lowest BCUT2D eigenvalue weighted by atomic mass is 10.2. The molecule has 0 amide bonds. The third-order valence-electron chi connectivity index (χ3n) is 1.89. The van der Waals surface area contributed by atoms with Crippen molar-refractivity contribution in [3.8, 4) is 11.5 Å². The highest BCUT2D eigenvalue weighted by atomic mass is 19.4. The molecule has 96 valence electrons. The number of hydrogen-bond acceptors (Lipinski definition) is 3. The number of alkyl halides is 5. The smallest absolute Gasteiger partial charge is 0.491 e. The van der Waals surface area contributed by atoms with Gasteiger partial charge in [-0.25, -0.2) is 8.78 Å². The van der Waals surface area contributed by atoms with Gasteiger partial charge in [0, 0.05) is 0 Å². The molecule has 8 heteroatoms. The number of aryl methyl sites for hydroxylation is 1. The Morgan fingerprint density at radius 1 is 1.29 bits per heavy atom. The van der Waals surface area contributed by atoms with Crippen LogP contribution in [0.25, 0.3) is 0 Å². The number of rotatable bonds is 3. The quantitative estimate of drug-likeness (QED) is 0.779. The van der Waals surface area contributed by atoms with Crippen LogP contribution in [0.15, 0.2) is 6.20 Å². The number of halogens is 5. The van der Waals surface area contributed by atoms with Crippen LogP contribution in [0.3, 0.4) is 0 Å². The van der Waals surface area contributed by atoms with Gasteiger partial charge in [0.2, 0.25) is 0 Å². The monoisotopic (exact) mass is 257 g/mol. The summed E-state index contributed by atoms with van der Waals surface area (Å²) < 4.78 is 69.6. The van der Waals surface area contributed by atoms with Gasteiger partial charge in [-0.05, 0) is 6.92 Å². The van der Waals surface area contributed by atoms with E-state index in [1.54, 1.807) is 0 Å². The fourth-order valence-electron chi connectivity index (χ4n) is 1.20. The van der Waals surface area contributed by atoms with E-state index >= 15 is 0 Å². The molecule has 0 unspecified atom stereocenters. The van der Waals surface area contributed by atoms with Crippen LogP contribution in [-0.4, -0.2) is 18.5 Å². The van der Waals surface area contributed by atoms with E-state index in [1.165, 1.54) is 0 Å². The normalized spacial score (nSPS) is 11.8. The van der Waals surface area contributed by atoms with Crippen LogP contribution in [-0.2, 0) is 0 Å². The first-order valence-corrected chi connectivity index (χ1v) is 4.33. The van der Waals surface area contributed by atoms with Crippen molar-refractivity contribution in [2.24, 2.45) is 0 Å². The van der Waals surface area contributed by atoms with E-state index in [0.29, 0.717) is 0 Å². The van der Waals surface area contributed by atoms with E-state index in [-0.39, 0.29) is 5.69 Å². The van der Waals surface area contributed by atoms with Gasteiger partial charge in [-0.15, -0.1) is 13.2 Å². The first-order valence-electron chi connectivity index (χ1n) is 4.33. The Morgan fingerprint density at radius 3 is 2.29 bits per heavy atom. The van der Waals surface area contributed by atoms with E-state index in [1.807, 2.05) is 0 Å². The van der Waals surface area contributed by atoms with Crippen molar-refractivity contribution in [2.45, 2.75) is 19.7 Å². The van der Waals surface area contributed by atoms with E-state index in [9.17, 15) is 22.0 Å². The Kier molecular flexibility index (Phi) is 3.74. The summed E-state index contributed by atoms with van der Waals surface area (Å²) in [4.78, 5) is 3.51. The Balaban J connectivity index is 3.35. The van der Waals surface area contributed by atoms with E-state index < -0.39 is 29.9 Å². The van der Waals surface area contributed by atoms with Gasteiger partial charge in [0.25, 0.3) is 6.43 Å². The molecule has 0 atom stereocenters. The van der Waals surface area contributed by atoms with E-state index in [4.69, 9.17) is 0 Å². The summed E-state index contributed by atoms with van der Waals surface area (Å²) in [5, 5.41) is 0. The van der Waals surface area contributed by atoms with Crippen molar-refractivity contribution in [1.82, 2.24) is 4.98 Å². The summed E-state index contributed by atoms with van der Waals surface area (Å²) in [6.45, 7) is 1.16. The summed E-state index contributed by atoms with van der Waals surface area (Å²) in [5.41, 5.74) is -1.18. The van der Waals surface area contributed by atoms with Gasteiger partial charge >= 0.3 is 6.36 Å². The maximum absolute atomic E-state index is 12.6. The van der Waals surface area contributed by atoms with Crippen LogP contribution in [0.2, 0.25) is 0 Å². The second-order valence-electron chi connectivity index (χ2n) is 3.00. The van der Waals surface area contributed by atoms with Crippen molar-refractivity contribution < 1.29 is 31.4 Å². The summed E-state index contributed by atoms with van der Waals surface area (Å²) in [6.07, 6.45) is -7.33. The average Bonchev–Trinajstić information content (AvgIpc) is 2.15. The zero-order valence-corrected chi connectivity index (χ0v) is 8.81. The minimum absolute atomic E-state index is 0.250. The molecule has 0 N–H and O–H groups in total. The molecule has 0 spiro atoms. The molecule has 0 radical (unpaired) electrons. The third-order valence-corrected chi connectivity index (χ3v) is 1.89. The van der Waals surface area contributed by atoms with Crippen LogP contribution < -0.4 is 9.47 Å². The maximum atomic E-state index is 12.6. The van der Waals surface area contributed by atoms with Crippen LogP contribution in [0, 0.1) is 6.92 Å². The summed E-state index contributed by atoms with van der Waals surface area (Å²) in [5.74, 6) is -1.55. The zero-order chi connectivity index (χ0) is 13.2. The first-order chi connectivity index (χ1) is 7.76. The maximum Gasteiger partial charge on any atom is 0.573 e. The Hall–Kier alpha value is -1.60. The molecule has 0 saturated heterocycles. The molecule has 0 aliphatic carbocycles. The molecular weight excluding hydrogens is 249 g/mol. The Morgan fingerprint density at radius 2 is 1.88 bits per heavy atom. The molecule has 0 saturated carbocycles. The highest BCUT2D eigenvalue weighted by Gasteiger charge is 2.36. The first kappa shape index (κ1) is 13.5. The lowest BCUT2D eigenvalue weighted by Crippen LogP contribution is -2.19. The molecule has 3 nitrogen and oxygen atoms in total. The van der Waals surface area contributed by atoms with Gasteiger partial charge in [0.05, 0.1) is 24.6 Å². The van der Waals surface area contributed by atoms with Gasteiger partial charge in [-0.2, -0.15) is 0 Å². The van der Waals surface area contributed by atoms with Gasteiger partial charge in [0.1, 0.15) is 0 Å². The Bertz CT molecular complexity index is 405. The minimum atomic E-state index is -5.08. The zero-order valence-electron chi connectivity index (χ0n) is 8.81. The molecule has 1 aromatic rings. The lowest BCUT2D eigenvalue weighted by molar-refractivity contribution is -0.275. The molecule has 1 heterocycles. The van der Waals surface area contributed by atoms with Crippen molar-refractivity contribution in [3.63, 3.8) is 0 Å². The predicted molar refractivity (Wildman–Crippen MR) is 47.2 cm³/mol. The molecule has 0 fully saturated rings. The number of ether oxygens (including phenoxy) is 2. The second kappa shape index (κ2) is 4.72. The summed E-state index contributed by atoms with van der Waals surface area (Å²) in [7, 11) is 1.03. The van der Waals surface area contributed by atoms with Gasteiger partial charge in [-0.1, -0.05) is 0 Å².